The summed E-state index contributed by atoms with van der Waals surface area (Å²) in [6, 6.07) is 2.69. The van der Waals surface area contributed by atoms with Crippen LogP contribution >= 0.6 is 11.6 Å². The van der Waals surface area contributed by atoms with E-state index in [4.69, 9.17) is 16.3 Å². The fourth-order valence-corrected chi connectivity index (χ4v) is 4.57. The van der Waals surface area contributed by atoms with Crippen molar-refractivity contribution in [2.24, 2.45) is 7.05 Å². The highest BCUT2D eigenvalue weighted by Gasteiger charge is 2.28. The quantitative estimate of drug-likeness (QED) is 0.406. The lowest BCUT2D eigenvalue weighted by atomic mass is 10.0. The summed E-state index contributed by atoms with van der Waals surface area (Å²) in [5.74, 6) is -1.15. The summed E-state index contributed by atoms with van der Waals surface area (Å²) in [5, 5.41) is 8.32. The van der Waals surface area contributed by atoms with Crippen LogP contribution in [0.15, 0.2) is 29.4 Å². The van der Waals surface area contributed by atoms with Crippen LogP contribution in [0.2, 0.25) is 5.02 Å². The molecular formula is C20H21ClN4O5S. The predicted octanol–water partition coefficient (Wildman–Crippen LogP) is 2.49. The van der Waals surface area contributed by atoms with E-state index in [9.17, 15) is 18.0 Å². The van der Waals surface area contributed by atoms with Crippen LogP contribution in [0.1, 0.15) is 39.7 Å². The van der Waals surface area contributed by atoms with Crippen LogP contribution in [0.5, 0.6) is 5.88 Å². The minimum absolute atomic E-state index is 0.00493. The molecule has 0 N–H and O–H groups in total. The summed E-state index contributed by atoms with van der Waals surface area (Å²) in [4.78, 5) is 24.9. The number of carbonyl (C=O) groups excluding carboxylic acids is 2. The molecule has 0 unspecified atom stereocenters. The van der Waals surface area contributed by atoms with E-state index in [2.05, 4.69) is 10.2 Å². The highest BCUT2D eigenvalue weighted by atomic mass is 35.5. The van der Waals surface area contributed by atoms with Gasteiger partial charge in [0.2, 0.25) is 11.7 Å². The molecule has 0 radical (unpaired) electrons. The van der Waals surface area contributed by atoms with Gasteiger partial charge in [0.1, 0.15) is 5.56 Å². The van der Waals surface area contributed by atoms with Crippen LogP contribution in [-0.2, 0) is 28.2 Å². The van der Waals surface area contributed by atoms with Gasteiger partial charge >= 0.3 is 5.97 Å². The largest absolute Gasteiger partial charge is 0.407 e. The number of rotatable bonds is 6. The Morgan fingerprint density at radius 3 is 2.45 bits per heavy atom. The highest BCUT2D eigenvalue weighted by molar-refractivity contribution is 7.90. The number of benzene rings is 1. The van der Waals surface area contributed by atoms with Gasteiger partial charge in [-0.3, -0.25) is 14.3 Å². The fraction of sp³-hybridized carbons (Fsp3) is 0.300. The van der Waals surface area contributed by atoms with Crippen LogP contribution in [0.4, 0.5) is 0 Å². The van der Waals surface area contributed by atoms with E-state index >= 15 is 0 Å². The van der Waals surface area contributed by atoms with Gasteiger partial charge in [0.25, 0.3) is 0 Å². The number of aromatic nitrogens is 4. The smallest absolute Gasteiger partial charge is 0.309 e. The molecule has 0 amide bonds. The van der Waals surface area contributed by atoms with Crippen molar-refractivity contribution in [2.45, 2.75) is 32.2 Å². The van der Waals surface area contributed by atoms with Crippen molar-refractivity contribution in [3.63, 3.8) is 0 Å². The molecule has 0 saturated carbocycles. The zero-order valence-electron chi connectivity index (χ0n) is 17.6. The molecule has 2 aromatic heterocycles. The zero-order chi connectivity index (χ0) is 23.1. The van der Waals surface area contributed by atoms with E-state index in [1.165, 1.54) is 23.7 Å². The van der Waals surface area contributed by atoms with E-state index in [1.54, 1.807) is 31.0 Å². The topological polar surface area (TPSA) is 113 Å². The number of carbonyl (C=O) groups is 2. The Morgan fingerprint density at radius 1 is 1.23 bits per heavy atom. The average molecular weight is 465 g/mol. The second kappa shape index (κ2) is 8.27. The second-order valence-electron chi connectivity index (χ2n) is 7.20. The maximum Gasteiger partial charge on any atom is 0.309 e. The van der Waals surface area contributed by atoms with Gasteiger partial charge in [0, 0.05) is 37.6 Å². The van der Waals surface area contributed by atoms with Gasteiger partial charge in [-0.1, -0.05) is 11.6 Å². The van der Waals surface area contributed by atoms with E-state index in [1.807, 2.05) is 6.92 Å². The van der Waals surface area contributed by atoms with Crippen LogP contribution in [0.3, 0.4) is 0 Å². The van der Waals surface area contributed by atoms with Crippen LogP contribution in [-0.4, -0.2) is 46.0 Å². The Balaban J connectivity index is 2.18. The maximum atomic E-state index is 13.4. The summed E-state index contributed by atoms with van der Waals surface area (Å²) in [7, 11) is -2.08. The molecule has 0 atom stereocenters. The molecule has 1 aromatic carbocycles. The number of ether oxygens (including phenoxy) is 1. The third-order valence-corrected chi connectivity index (χ3v) is 6.18. The Hall–Kier alpha value is -2.98. The van der Waals surface area contributed by atoms with Crippen LogP contribution in [0, 0.1) is 13.8 Å². The van der Waals surface area contributed by atoms with Crippen molar-refractivity contribution in [3.05, 3.63) is 57.5 Å². The van der Waals surface area contributed by atoms with Crippen molar-refractivity contribution in [1.29, 1.82) is 0 Å². The van der Waals surface area contributed by atoms with Crippen molar-refractivity contribution < 1.29 is 22.7 Å². The summed E-state index contributed by atoms with van der Waals surface area (Å²) >= 11 is 6.58. The molecule has 164 valence electrons. The summed E-state index contributed by atoms with van der Waals surface area (Å²) in [6.45, 7) is 4.73. The van der Waals surface area contributed by atoms with Crippen LogP contribution < -0.4 is 4.74 Å². The number of nitrogens with zero attached hydrogens (tertiary/aromatic N) is 4. The normalized spacial score (nSPS) is 11.5. The first-order valence-electron chi connectivity index (χ1n) is 9.17. The predicted molar refractivity (Wildman–Crippen MR) is 113 cm³/mol. The standard InChI is InChI=1S/C20H21ClN4O5S/c1-11-8-22-25(9-11)10-15-16(31(5,28)29)7-6-14(18(15)21)19(27)17-12(2)23-24(4)20(17)30-13(3)26/h6-9H,10H2,1-5H3. The van der Waals surface area contributed by atoms with E-state index < -0.39 is 21.6 Å². The molecule has 0 fully saturated rings. The molecule has 0 aliphatic carbocycles. The Morgan fingerprint density at radius 2 is 1.90 bits per heavy atom. The third-order valence-electron chi connectivity index (χ3n) is 4.56. The molecule has 0 bridgehead atoms. The molecule has 0 aliphatic rings. The maximum absolute atomic E-state index is 13.4. The number of hydrogen-bond acceptors (Lipinski definition) is 7. The number of ketones is 1. The van der Waals surface area contributed by atoms with Gasteiger partial charge in [-0.15, -0.1) is 0 Å². The van der Waals surface area contributed by atoms with E-state index in [0.717, 1.165) is 11.8 Å². The Bertz CT molecular complexity index is 1310. The first-order valence-corrected chi connectivity index (χ1v) is 11.4. The summed E-state index contributed by atoms with van der Waals surface area (Å²) in [5.41, 5.74) is 1.62. The van der Waals surface area contributed by atoms with Gasteiger partial charge in [0.05, 0.1) is 28.4 Å². The molecule has 3 aromatic rings. The van der Waals surface area contributed by atoms with Crippen molar-refractivity contribution >= 4 is 33.2 Å². The highest BCUT2D eigenvalue weighted by Crippen LogP contribution is 2.33. The first-order chi connectivity index (χ1) is 14.4. The van der Waals surface area contributed by atoms with Gasteiger partial charge in [0.15, 0.2) is 9.84 Å². The third kappa shape index (κ3) is 4.54. The molecule has 0 spiro atoms. The van der Waals surface area contributed by atoms with Crippen molar-refractivity contribution in [3.8, 4) is 5.88 Å². The second-order valence-corrected chi connectivity index (χ2v) is 9.57. The minimum Gasteiger partial charge on any atom is -0.407 e. The lowest BCUT2D eigenvalue weighted by Crippen LogP contribution is -2.14. The Kier molecular flexibility index (Phi) is 6.06. The number of hydrogen-bond donors (Lipinski definition) is 0. The molecular weight excluding hydrogens is 444 g/mol. The SMILES string of the molecule is CC(=O)Oc1c(C(=O)c2ccc(S(C)(=O)=O)c(Cn3cc(C)cn3)c2Cl)c(C)nn1C. The van der Waals surface area contributed by atoms with Crippen molar-refractivity contribution in [1.82, 2.24) is 19.6 Å². The molecule has 11 heteroatoms. The zero-order valence-corrected chi connectivity index (χ0v) is 19.2. The number of aryl methyl sites for hydroxylation is 3. The van der Waals surface area contributed by atoms with E-state index in [0.29, 0.717) is 5.69 Å². The van der Waals surface area contributed by atoms with Crippen molar-refractivity contribution in [2.75, 3.05) is 6.26 Å². The Labute approximate surface area is 184 Å². The minimum atomic E-state index is -3.63. The number of halogens is 1. The summed E-state index contributed by atoms with van der Waals surface area (Å²) in [6.07, 6.45) is 4.44. The first kappa shape index (κ1) is 22.7. The molecule has 2 heterocycles. The summed E-state index contributed by atoms with van der Waals surface area (Å²) < 4.78 is 32.7. The molecule has 0 aliphatic heterocycles. The van der Waals surface area contributed by atoms with Crippen LogP contribution in [0.25, 0.3) is 0 Å². The fourth-order valence-electron chi connectivity index (χ4n) is 3.28. The molecule has 0 saturated heterocycles. The molecule has 31 heavy (non-hydrogen) atoms. The van der Waals surface area contributed by atoms with Gasteiger partial charge in [-0.05, 0) is 31.5 Å². The lowest BCUT2D eigenvalue weighted by molar-refractivity contribution is -0.132. The average Bonchev–Trinajstić information content (AvgIpc) is 3.17. The lowest BCUT2D eigenvalue weighted by Gasteiger charge is -2.14. The molecule has 3 rings (SSSR count). The van der Waals surface area contributed by atoms with Gasteiger partial charge in [-0.2, -0.15) is 10.2 Å². The van der Waals surface area contributed by atoms with Gasteiger partial charge in [-0.25, -0.2) is 13.1 Å². The van der Waals surface area contributed by atoms with E-state index in [-0.39, 0.29) is 39.0 Å². The number of esters is 1. The van der Waals surface area contributed by atoms with Gasteiger partial charge < -0.3 is 4.74 Å². The number of sulfone groups is 1. The molecule has 9 nitrogen and oxygen atoms in total. The monoisotopic (exact) mass is 464 g/mol.